The number of nitrogens with one attached hydrogen (secondary N) is 1. The van der Waals surface area contributed by atoms with Crippen molar-refractivity contribution in [2.75, 3.05) is 0 Å². The lowest BCUT2D eigenvalue weighted by atomic mass is 10.0. The molecule has 3 aromatic rings. The summed E-state index contributed by atoms with van der Waals surface area (Å²) in [6, 6.07) is 15.4. The van der Waals surface area contributed by atoms with Gasteiger partial charge in [0.2, 0.25) is 0 Å². The number of pyridine rings is 1. The van der Waals surface area contributed by atoms with Crippen LogP contribution in [0.25, 0.3) is 10.9 Å². The first-order valence-electron chi connectivity index (χ1n) is 7.67. The molecule has 1 aromatic heterocycles. The van der Waals surface area contributed by atoms with E-state index in [0.29, 0.717) is 16.5 Å². The van der Waals surface area contributed by atoms with Gasteiger partial charge in [0.1, 0.15) is 6.04 Å². The summed E-state index contributed by atoms with van der Waals surface area (Å²) in [6.07, 6.45) is 1.77. The Hall–Kier alpha value is -2.48. The largest absolute Gasteiger partial charge is 0.480 e. The number of benzene rings is 2. The Bertz CT molecular complexity index is 937. The molecule has 0 radical (unpaired) electrons. The average Bonchev–Trinajstić information content (AvgIpc) is 2.62. The second-order valence-electron chi connectivity index (χ2n) is 5.54. The average molecular weight is 446 g/mol. The Kier molecular flexibility index (Phi) is 5.28. The van der Waals surface area contributed by atoms with Crippen LogP contribution in [0.2, 0.25) is 0 Å². The van der Waals surface area contributed by atoms with E-state index in [2.05, 4.69) is 32.9 Å². The molecule has 0 spiro atoms. The van der Waals surface area contributed by atoms with Crippen LogP contribution in [0.4, 0.5) is 0 Å². The zero-order valence-electron chi connectivity index (χ0n) is 13.1. The molecule has 126 valence electrons. The predicted molar refractivity (Wildman–Crippen MR) is 103 cm³/mol. The molecule has 1 atom stereocenters. The number of hydrogen-bond acceptors (Lipinski definition) is 3. The van der Waals surface area contributed by atoms with Crippen molar-refractivity contribution in [3.8, 4) is 0 Å². The number of fused-ring (bicyclic) bond motifs is 1. The van der Waals surface area contributed by atoms with Crippen LogP contribution in [0.3, 0.4) is 0 Å². The van der Waals surface area contributed by atoms with Crippen LogP contribution in [0.1, 0.15) is 15.9 Å². The Morgan fingerprint density at radius 1 is 1.08 bits per heavy atom. The number of nitrogens with zero attached hydrogens (tertiary/aromatic N) is 1. The number of carboxylic acids is 1. The fourth-order valence-corrected chi connectivity index (χ4v) is 3.22. The van der Waals surface area contributed by atoms with Crippen molar-refractivity contribution in [3.63, 3.8) is 0 Å². The van der Waals surface area contributed by atoms with Crippen LogP contribution in [0.5, 0.6) is 0 Å². The third-order valence-electron chi connectivity index (χ3n) is 3.88. The highest BCUT2D eigenvalue weighted by Crippen LogP contribution is 2.17. The molecule has 6 heteroatoms. The number of aliphatic carboxylic acids is 1. The summed E-state index contributed by atoms with van der Waals surface area (Å²) in [6.45, 7) is 0. The third kappa shape index (κ3) is 3.96. The Morgan fingerprint density at radius 3 is 2.56 bits per heavy atom. The Labute approximate surface area is 158 Å². The number of hydrogen-bond donors (Lipinski definition) is 2. The zero-order valence-corrected chi connectivity index (χ0v) is 15.3. The van der Waals surface area contributed by atoms with E-state index in [1.807, 2.05) is 42.5 Å². The van der Waals surface area contributed by atoms with Crippen molar-refractivity contribution in [2.45, 2.75) is 12.5 Å². The van der Waals surface area contributed by atoms with E-state index >= 15 is 0 Å². The quantitative estimate of drug-likeness (QED) is 0.590. The number of amides is 1. The number of para-hydroxylation sites is 1. The maximum atomic E-state index is 12.6. The predicted octanol–water partition coefficient (Wildman–Crippen LogP) is 3.27. The highest BCUT2D eigenvalue weighted by Gasteiger charge is 2.22. The Morgan fingerprint density at radius 2 is 1.80 bits per heavy atom. The van der Waals surface area contributed by atoms with Gasteiger partial charge >= 0.3 is 5.97 Å². The molecule has 2 N–H and O–H groups in total. The molecule has 3 rings (SSSR count). The van der Waals surface area contributed by atoms with Crippen LogP contribution in [0.15, 0.2) is 60.8 Å². The molecule has 0 saturated carbocycles. The molecular weight excluding hydrogens is 431 g/mol. The minimum Gasteiger partial charge on any atom is -0.480 e. The van der Waals surface area contributed by atoms with Gasteiger partial charge in [-0.15, -0.1) is 0 Å². The van der Waals surface area contributed by atoms with E-state index < -0.39 is 17.9 Å². The van der Waals surface area contributed by atoms with Crippen molar-refractivity contribution in [2.24, 2.45) is 0 Å². The first kappa shape index (κ1) is 17.3. The maximum absolute atomic E-state index is 12.6. The fraction of sp³-hybridized carbons (Fsp3) is 0.105. The van der Waals surface area contributed by atoms with Gasteiger partial charge in [-0.25, -0.2) is 4.79 Å². The Balaban J connectivity index is 1.86. The zero-order chi connectivity index (χ0) is 17.8. The van der Waals surface area contributed by atoms with E-state index in [-0.39, 0.29) is 6.42 Å². The van der Waals surface area contributed by atoms with Gasteiger partial charge in [-0.05, 0) is 46.4 Å². The summed E-state index contributed by atoms with van der Waals surface area (Å²) in [4.78, 5) is 28.5. The van der Waals surface area contributed by atoms with Gasteiger partial charge in [-0.1, -0.05) is 36.4 Å². The number of rotatable bonds is 5. The molecule has 0 aliphatic heterocycles. The summed E-state index contributed by atoms with van der Waals surface area (Å²) < 4.78 is 0.968. The highest BCUT2D eigenvalue weighted by molar-refractivity contribution is 14.1. The second kappa shape index (κ2) is 7.60. The lowest BCUT2D eigenvalue weighted by molar-refractivity contribution is -0.139. The van der Waals surface area contributed by atoms with Gasteiger partial charge < -0.3 is 10.4 Å². The van der Waals surface area contributed by atoms with Gasteiger partial charge in [0.15, 0.2) is 0 Å². The van der Waals surface area contributed by atoms with Crippen LogP contribution in [-0.2, 0) is 11.2 Å². The summed E-state index contributed by atoms with van der Waals surface area (Å²) in [5.41, 5.74) is 2.00. The van der Waals surface area contributed by atoms with Crippen molar-refractivity contribution < 1.29 is 14.7 Å². The third-order valence-corrected chi connectivity index (χ3v) is 4.93. The van der Waals surface area contributed by atoms with Crippen molar-refractivity contribution in [3.05, 3.63) is 75.5 Å². The lowest BCUT2D eigenvalue weighted by Gasteiger charge is -2.16. The monoisotopic (exact) mass is 446 g/mol. The van der Waals surface area contributed by atoms with Crippen molar-refractivity contribution in [1.82, 2.24) is 10.3 Å². The minimum atomic E-state index is -1.06. The van der Waals surface area contributed by atoms with Gasteiger partial charge in [0, 0.05) is 21.6 Å². The summed E-state index contributed by atoms with van der Waals surface area (Å²) in [5, 5.41) is 12.8. The van der Waals surface area contributed by atoms with Gasteiger partial charge in [-0.3, -0.25) is 9.78 Å². The number of aromatic nitrogens is 1. The standard InChI is InChI=1S/C19H15IN2O3/c20-15-7-3-1-5-12(15)11-17(19(24)25)22-18(23)14-9-10-21-16-8-4-2-6-13(14)16/h1-10,17H,11H2,(H,22,23)(H,24,25)/t17-/m0/s1. The van der Waals surface area contributed by atoms with E-state index in [1.165, 1.54) is 0 Å². The van der Waals surface area contributed by atoms with E-state index in [0.717, 1.165) is 9.13 Å². The lowest BCUT2D eigenvalue weighted by Crippen LogP contribution is -2.42. The maximum Gasteiger partial charge on any atom is 0.326 e. The van der Waals surface area contributed by atoms with Gasteiger partial charge in [0.25, 0.3) is 5.91 Å². The summed E-state index contributed by atoms with van der Waals surface area (Å²) in [7, 11) is 0. The molecule has 0 aliphatic rings. The highest BCUT2D eigenvalue weighted by atomic mass is 127. The van der Waals surface area contributed by atoms with Crippen LogP contribution < -0.4 is 5.32 Å². The van der Waals surface area contributed by atoms with Gasteiger partial charge in [0.05, 0.1) is 11.1 Å². The van der Waals surface area contributed by atoms with E-state index in [4.69, 9.17) is 0 Å². The first-order chi connectivity index (χ1) is 12.1. The minimum absolute atomic E-state index is 0.225. The topological polar surface area (TPSA) is 79.3 Å². The smallest absolute Gasteiger partial charge is 0.326 e. The number of carbonyl (C=O) groups is 2. The first-order valence-corrected chi connectivity index (χ1v) is 8.75. The number of carbonyl (C=O) groups excluding carboxylic acids is 1. The SMILES string of the molecule is O=C(N[C@@H](Cc1ccccc1I)C(=O)O)c1ccnc2ccccc12. The molecule has 0 bridgehead atoms. The van der Waals surface area contributed by atoms with Crippen molar-refractivity contribution >= 4 is 45.4 Å². The van der Waals surface area contributed by atoms with Gasteiger partial charge in [-0.2, -0.15) is 0 Å². The molecule has 1 amide bonds. The summed E-state index contributed by atoms with van der Waals surface area (Å²) >= 11 is 2.16. The molecular formula is C19H15IN2O3. The normalized spacial score (nSPS) is 11.9. The molecule has 1 heterocycles. The molecule has 25 heavy (non-hydrogen) atoms. The van der Waals surface area contributed by atoms with E-state index in [9.17, 15) is 14.7 Å². The molecule has 0 unspecified atom stereocenters. The number of carboxylic acid groups (broad SMARTS) is 1. The van der Waals surface area contributed by atoms with Crippen LogP contribution >= 0.6 is 22.6 Å². The van der Waals surface area contributed by atoms with Crippen molar-refractivity contribution in [1.29, 1.82) is 0 Å². The second-order valence-corrected chi connectivity index (χ2v) is 6.70. The molecule has 0 aliphatic carbocycles. The summed E-state index contributed by atoms with van der Waals surface area (Å²) in [5.74, 6) is -1.48. The molecule has 5 nitrogen and oxygen atoms in total. The van der Waals surface area contributed by atoms with E-state index in [1.54, 1.807) is 18.3 Å². The molecule has 0 saturated heterocycles. The number of halogens is 1. The molecule has 0 fully saturated rings. The fourth-order valence-electron chi connectivity index (χ4n) is 2.61. The van der Waals surface area contributed by atoms with Crippen LogP contribution in [0, 0.1) is 3.57 Å². The molecule has 2 aromatic carbocycles. The van der Waals surface area contributed by atoms with Crippen LogP contribution in [-0.4, -0.2) is 28.0 Å².